The molecule has 0 aromatic heterocycles. The molecule has 2 heterocycles. The number of aliphatic imine (C=N–C) groups is 1. The van der Waals surface area contributed by atoms with Crippen molar-refractivity contribution in [1.29, 1.82) is 0 Å². The molecule has 0 spiro atoms. The van der Waals surface area contributed by atoms with E-state index in [0.29, 0.717) is 17.4 Å². The smallest absolute Gasteiger partial charge is 0.286 e. The molecule has 2 aliphatic rings. The lowest BCUT2D eigenvalue weighted by atomic mass is 9.90. The van der Waals surface area contributed by atoms with Crippen LogP contribution in [0.2, 0.25) is 0 Å². The fourth-order valence-electron chi connectivity index (χ4n) is 4.40. The van der Waals surface area contributed by atoms with Gasteiger partial charge in [0.2, 0.25) is 0 Å². The van der Waals surface area contributed by atoms with Gasteiger partial charge >= 0.3 is 0 Å². The number of hydrogen-bond acceptors (Lipinski definition) is 4. The van der Waals surface area contributed by atoms with Crippen molar-refractivity contribution in [2.45, 2.75) is 25.9 Å². The Hall–Kier alpha value is -3.31. The Morgan fingerprint density at radius 3 is 2.35 bits per heavy atom. The quantitative estimate of drug-likeness (QED) is 0.405. The van der Waals surface area contributed by atoms with Gasteiger partial charge in [-0.3, -0.25) is 4.79 Å². The molecule has 5 rings (SSSR count). The van der Waals surface area contributed by atoms with Crippen LogP contribution >= 0.6 is 11.8 Å². The molecule has 172 valence electrons. The van der Waals surface area contributed by atoms with E-state index in [4.69, 9.17) is 4.74 Å². The van der Waals surface area contributed by atoms with Gasteiger partial charge in [-0.2, -0.15) is 4.99 Å². The molecule has 5 heteroatoms. The summed E-state index contributed by atoms with van der Waals surface area (Å²) >= 11 is 1.49. The number of piperidine rings is 1. The van der Waals surface area contributed by atoms with Gasteiger partial charge < -0.3 is 9.64 Å². The number of benzene rings is 3. The predicted molar refractivity (Wildman–Crippen MR) is 140 cm³/mol. The van der Waals surface area contributed by atoms with Crippen LogP contribution in [0.1, 0.15) is 29.5 Å². The molecule has 0 unspecified atom stereocenters. The van der Waals surface area contributed by atoms with Crippen molar-refractivity contribution in [2.24, 2.45) is 10.9 Å². The zero-order valence-electron chi connectivity index (χ0n) is 19.1. The van der Waals surface area contributed by atoms with E-state index in [1.807, 2.05) is 60.7 Å². The zero-order valence-corrected chi connectivity index (χ0v) is 19.9. The Kier molecular flexibility index (Phi) is 7.10. The van der Waals surface area contributed by atoms with E-state index >= 15 is 0 Å². The van der Waals surface area contributed by atoms with Crippen molar-refractivity contribution in [3.63, 3.8) is 0 Å². The maximum atomic E-state index is 12.6. The lowest BCUT2D eigenvalue weighted by molar-refractivity contribution is -0.113. The molecule has 0 N–H and O–H groups in total. The van der Waals surface area contributed by atoms with Gasteiger partial charge in [-0.1, -0.05) is 72.8 Å². The fourth-order valence-corrected chi connectivity index (χ4v) is 5.36. The topological polar surface area (TPSA) is 41.9 Å². The van der Waals surface area contributed by atoms with Crippen LogP contribution in [0.25, 0.3) is 6.08 Å². The second-order valence-corrected chi connectivity index (χ2v) is 9.79. The minimum absolute atomic E-state index is 0.151. The van der Waals surface area contributed by atoms with Crippen LogP contribution < -0.4 is 4.74 Å². The molecule has 0 aliphatic carbocycles. The maximum Gasteiger partial charge on any atom is 0.286 e. The van der Waals surface area contributed by atoms with Crippen molar-refractivity contribution in [1.82, 2.24) is 4.90 Å². The number of carbonyl (C=O) groups excluding carboxylic acids is 1. The van der Waals surface area contributed by atoms with Crippen molar-refractivity contribution in [3.05, 3.63) is 107 Å². The summed E-state index contributed by atoms with van der Waals surface area (Å²) < 4.78 is 5.94. The van der Waals surface area contributed by atoms with Crippen LogP contribution in [-0.2, 0) is 17.8 Å². The van der Waals surface area contributed by atoms with E-state index in [0.717, 1.165) is 54.4 Å². The summed E-state index contributed by atoms with van der Waals surface area (Å²) in [5.41, 5.74) is 3.47. The molecule has 1 saturated heterocycles. The van der Waals surface area contributed by atoms with E-state index < -0.39 is 0 Å². The Bertz CT molecular complexity index is 1180. The van der Waals surface area contributed by atoms with E-state index in [1.54, 1.807) is 0 Å². The number of thioether (sulfide) groups is 1. The van der Waals surface area contributed by atoms with Crippen LogP contribution in [-0.4, -0.2) is 29.1 Å². The highest BCUT2D eigenvalue weighted by molar-refractivity contribution is 8.18. The first-order chi connectivity index (χ1) is 16.7. The van der Waals surface area contributed by atoms with E-state index in [-0.39, 0.29) is 5.91 Å². The van der Waals surface area contributed by atoms with Gasteiger partial charge in [-0.15, -0.1) is 0 Å². The van der Waals surface area contributed by atoms with Crippen LogP contribution in [0.3, 0.4) is 0 Å². The minimum Gasteiger partial charge on any atom is -0.489 e. The lowest BCUT2D eigenvalue weighted by Gasteiger charge is -2.32. The second-order valence-electron chi connectivity index (χ2n) is 8.78. The molecule has 0 radical (unpaired) electrons. The van der Waals surface area contributed by atoms with Gasteiger partial charge in [-0.05, 0) is 71.8 Å². The average molecular weight is 469 g/mol. The molecular weight excluding hydrogens is 440 g/mol. The van der Waals surface area contributed by atoms with Crippen LogP contribution in [0, 0.1) is 5.92 Å². The van der Waals surface area contributed by atoms with Gasteiger partial charge in [0.1, 0.15) is 12.4 Å². The number of likely N-dealkylation sites (tertiary alicyclic amines) is 1. The number of ether oxygens (including phenoxy) is 1. The highest BCUT2D eigenvalue weighted by Crippen LogP contribution is 2.33. The number of amides is 1. The van der Waals surface area contributed by atoms with Gasteiger partial charge in [-0.25, -0.2) is 0 Å². The van der Waals surface area contributed by atoms with Crippen molar-refractivity contribution >= 4 is 28.9 Å². The van der Waals surface area contributed by atoms with E-state index in [1.165, 1.54) is 17.3 Å². The Labute approximate surface area is 205 Å². The van der Waals surface area contributed by atoms with E-state index in [9.17, 15) is 4.79 Å². The summed E-state index contributed by atoms with van der Waals surface area (Å²) in [7, 11) is 0. The van der Waals surface area contributed by atoms with Gasteiger partial charge in [0.05, 0.1) is 4.91 Å². The Morgan fingerprint density at radius 2 is 1.62 bits per heavy atom. The summed E-state index contributed by atoms with van der Waals surface area (Å²) in [6.07, 6.45) is 5.30. The van der Waals surface area contributed by atoms with Crippen molar-refractivity contribution in [3.8, 4) is 5.75 Å². The Morgan fingerprint density at radius 1 is 0.912 bits per heavy atom. The molecule has 0 saturated carbocycles. The van der Waals surface area contributed by atoms with Gasteiger partial charge in [0, 0.05) is 13.1 Å². The molecule has 3 aromatic rings. The highest BCUT2D eigenvalue weighted by Gasteiger charge is 2.29. The standard InChI is InChI=1S/C29H28N2O2S/c32-28-27(20-25-12-7-13-26(19-25)33-21-24-10-5-2-6-11-24)34-29(30-28)31-16-14-23(15-17-31)18-22-8-3-1-4-9-22/h1-13,19-20,23H,14-18,21H2/b27-20-. The summed E-state index contributed by atoms with van der Waals surface area (Å²) in [5, 5.41) is 0.839. The second kappa shape index (κ2) is 10.7. The van der Waals surface area contributed by atoms with Crippen molar-refractivity contribution < 1.29 is 9.53 Å². The molecule has 1 amide bonds. The van der Waals surface area contributed by atoms with Crippen LogP contribution in [0.4, 0.5) is 0 Å². The number of carbonyl (C=O) groups is 1. The fraction of sp³-hybridized carbons (Fsp3) is 0.241. The maximum absolute atomic E-state index is 12.6. The largest absolute Gasteiger partial charge is 0.489 e. The number of amidine groups is 1. The number of nitrogens with zero attached hydrogens (tertiary/aromatic N) is 2. The zero-order chi connectivity index (χ0) is 23.2. The van der Waals surface area contributed by atoms with Gasteiger partial charge in [0.25, 0.3) is 5.91 Å². The molecule has 4 nitrogen and oxygen atoms in total. The molecule has 1 fully saturated rings. The molecule has 34 heavy (non-hydrogen) atoms. The van der Waals surface area contributed by atoms with Crippen LogP contribution in [0.15, 0.2) is 94.8 Å². The van der Waals surface area contributed by atoms with E-state index in [2.05, 4.69) is 40.2 Å². The summed E-state index contributed by atoms with van der Waals surface area (Å²) in [6.45, 7) is 2.42. The number of rotatable bonds is 6. The molecule has 3 aromatic carbocycles. The van der Waals surface area contributed by atoms with Crippen LogP contribution in [0.5, 0.6) is 5.75 Å². The molecule has 0 bridgehead atoms. The Balaban J connectivity index is 1.16. The first kappa shape index (κ1) is 22.5. The minimum atomic E-state index is -0.151. The summed E-state index contributed by atoms with van der Waals surface area (Å²) in [4.78, 5) is 19.9. The highest BCUT2D eigenvalue weighted by atomic mass is 32.2. The summed E-state index contributed by atoms with van der Waals surface area (Å²) in [6, 6.07) is 28.7. The SMILES string of the molecule is O=C1N=C(N2CCC(Cc3ccccc3)CC2)S/C1=C\c1cccc(OCc2ccccc2)c1. The number of hydrogen-bond donors (Lipinski definition) is 0. The third-order valence-corrected chi connectivity index (χ3v) is 7.31. The normalized spacial score (nSPS) is 17.8. The first-order valence-electron chi connectivity index (χ1n) is 11.8. The monoisotopic (exact) mass is 468 g/mol. The molecule has 2 aliphatic heterocycles. The molecular formula is C29H28N2O2S. The lowest BCUT2D eigenvalue weighted by Crippen LogP contribution is -2.37. The van der Waals surface area contributed by atoms with Crippen molar-refractivity contribution in [2.75, 3.05) is 13.1 Å². The third-order valence-electron chi connectivity index (χ3n) is 6.27. The third kappa shape index (κ3) is 5.78. The molecule has 0 atom stereocenters. The predicted octanol–water partition coefficient (Wildman–Crippen LogP) is 6.19. The summed E-state index contributed by atoms with van der Waals surface area (Å²) in [5.74, 6) is 1.33. The average Bonchev–Trinajstić information content (AvgIpc) is 3.24. The van der Waals surface area contributed by atoms with Gasteiger partial charge in [0.15, 0.2) is 5.17 Å². The first-order valence-corrected chi connectivity index (χ1v) is 12.6.